The molecule has 0 fully saturated rings. The van der Waals surface area contributed by atoms with Gasteiger partial charge in [-0.05, 0) is 30.5 Å². The molecule has 1 N–H and O–H groups in total. The van der Waals surface area contributed by atoms with Crippen molar-refractivity contribution in [1.82, 2.24) is 15.5 Å². The Morgan fingerprint density at radius 1 is 1.28 bits per heavy atom. The lowest BCUT2D eigenvalue weighted by molar-refractivity contribution is 0.293. The standard InChI is InChI=1S/C13H17N3OS/c1-2-7-14-9-11-5-6-13(16-15-11)17-10-12-4-3-8-18-12/h3-6,8,14H,2,7,9-10H2,1H3. The average molecular weight is 263 g/mol. The predicted octanol–water partition coefficient (Wildman–Crippen LogP) is 2.62. The number of rotatable bonds is 7. The minimum absolute atomic E-state index is 0.555. The zero-order valence-corrected chi connectivity index (χ0v) is 11.2. The van der Waals surface area contributed by atoms with Crippen molar-refractivity contribution in [2.75, 3.05) is 6.54 Å². The molecule has 2 aromatic heterocycles. The van der Waals surface area contributed by atoms with Gasteiger partial charge in [0.25, 0.3) is 0 Å². The van der Waals surface area contributed by atoms with Crippen LogP contribution in [0.25, 0.3) is 0 Å². The van der Waals surface area contributed by atoms with Crippen LogP contribution in [0, 0.1) is 0 Å². The summed E-state index contributed by atoms with van der Waals surface area (Å²) < 4.78 is 5.55. The lowest BCUT2D eigenvalue weighted by Crippen LogP contribution is -2.15. The van der Waals surface area contributed by atoms with Crippen LogP contribution in [0.3, 0.4) is 0 Å². The van der Waals surface area contributed by atoms with E-state index in [1.165, 1.54) is 4.88 Å². The third kappa shape index (κ3) is 4.09. The molecule has 0 amide bonds. The van der Waals surface area contributed by atoms with Gasteiger partial charge in [-0.3, -0.25) is 0 Å². The highest BCUT2D eigenvalue weighted by Gasteiger charge is 2.00. The maximum Gasteiger partial charge on any atom is 0.233 e. The van der Waals surface area contributed by atoms with E-state index in [9.17, 15) is 0 Å². The number of nitrogens with zero attached hydrogens (tertiary/aromatic N) is 2. The molecule has 96 valence electrons. The molecule has 0 spiro atoms. The molecule has 0 aliphatic carbocycles. The fourth-order valence-corrected chi connectivity index (χ4v) is 2.07. The average Bonchev–Trinajstić information content (AvgIpc) is 2.91. The van der Waals surface area contributed by atoms with Crippen LogP contribution in [-0.4, -0.2) is 16.7 Å². The van der Waals surface area contributed by atoms with Gasteiger partial charge in [0, 0.05) is 17.5 Å². The fourth-order valence-electron chi connectivity index (χ4n) is 1.45. The zero-order chi connectivity index (χ0) is 12.6. The molecule has 0 aliphatic heterocycles. The van der Waals surface area contributed by atoms with Gasteiger partial charge in [-0.25, -0.2) is 0 Å². The Bertz CT molecular complexity index is 442. The van der Waals surface area contributed by atoms with Gasteiger partial charge in [0.05, 0.1) is 5.69 Å². The van der Waals surface area contributed by atoms with Crippen LogP contribution in [0.5, 0.6) is 5.88 Å². The molecule has 0 saturated carbocycles. The van der Waals surface area contributed by atoms with Crippen molar-refractivity contribution in [3.63, 3.8) is 0 Å². The van der Waals surface area contributed by atoms with E-state index < -0.39 is 0 Å². The molecule has 2 aromatic rings. The highest BCUT2D eigenvalue weighted by Crippen LogP contribution is 2.12. The van der Waals surface area contributed by atoms with Crippen LogP contribution >= 0.6 is 11.3 Å². The Hall–Kier alpha value is -1.46. The SMILES string of the molecule is CCCNCc1ccc(OCc2cccs2)nn1. The van der Waals surface area contributed by atoms with Gasteiger partial charge in [-0.1, -0.05) is 13.0 Å². The first-order chi connectivity index (χ1) is 8.88. The second-order valence-corrected chi connectivity index (χ2v) is 4.94. The normalized spacial score (nSPS) is 10.5. The molecule has 4 nitrogen and oxygen atoms in total. The summed E-state index contributed by atoms with van der Waals surface area (Å²) in [6.45, 7) is 4.45. The molecule has 2 rings (SSSR count). The smallest absolute Gasteiger partial charge is 0.233 e. The second kappa shape index (κ2) is 7.08. The van der Waals surface area contributed by atoms with Crippen LogP contribution in [0.4, 0.5) is 0 Å². The summed E-state index contributed by atoms with van der Waals surface area (Å²) in [5, 5.41) is 13.5. The Kier molecular flexibility index (Phi) is 5.11. The quantitative estimate of drug-likeness (QED) is 0.780. The Labute approximate surface area is 111 Å². The first-order valence-corrected chi connectivity index (χ1v) is 6.95. The van der Waals surface area contributed by atoms with Gasteiger partial charge >= 0.3 is 0 Å². The largest absolute Gasteiger partial charge is 0.471 e. The molecule has 0 unspecified atom stereocenters. The number of aromatic nitrogens is 2. The fraction of sp³-hybridized carbons (Fsp3) is 0.385. The third-order valence-corrected chi connectivity index (χ3v) is 3.22. The van der Waals surface area contributed by atoms with Crippen molar-refractivity contribution in [3.8, 4) is 5.88 Å². The van der Waals surface area contributed by atoms with E-state index in [-0.39, 0.29) is 0 Å². The summed E-state index contributed by atoms with van der Waals surface area (Å²) in [6.07, 6.45) is 1.12. The van der Waals surface area contributed by atoms with Crippen LogP contribution in [0.1, 0.15) is 23.9 Å². The molecule has 18 heavy (non-hydrogen) atoms. The van der Waals surface area contributed by atoms with E-state index in [4.69, 9.17) is 4.74 Å². The number of hydrogen-bond donors (Lipinski definition) is 1. The topological polar surface area (TPSA) is 47.0 Å². The summed E-state index contributed by atoms with van der Waals surface area (Å²) in [6, 6.07) is 7.86. The predicted molar refractivity (Wildman–Crippen MR) is 72.7 cm³/mol. The second-order valence-electron chi connectivity index (χ2n) is 3.91. The highest BCUT2D eigenvalue weighted by molar-refractivity contribution is 7.09. The van der Waals surface area contributed by atoms with Crippen molar-refractivity contribution < 1.29 is 4.74 Å². The number of hydrogen-bond acceptors (Lipinski definition) is 5. The number of ether oxygens (including phenoxy) is 1. The van der Waals surface area contributed by atoms with Crippen molar-refractivity contribution >= 4 is 11.3 Å². The maximum atomic E-state index is 5.55. The summed E-state index contributed by atoms with van der Waals surface area (Å²) in [7, 11) is 0. The Morgan fingerprint density at radius 2 is 2.22 bits per heavy atom. The molecule has 0 atom stereocenters. The summed E-state index contributed by atoms with van der Waals surface area (Å²) in [5.41, 5.74) is 0.937. The molecule has 0 saturated heterocycles. The van der Waals surface area contributed by atoms with Crippen LogP contribution in [0.2, 0.25) is 0 Å². The van der Waals surface area contributed by atoms with Crippen LogP contribution in [-0.2, 0) is 13.2 Å². The van der Waals surface area contributed by atoms with Gasteiger partial charge in [-0.15, -0.1) is 16.4 Å². The van der Waals surface area contributed by atoms with E-state index in [2.05, 4.69) is 22.4 Å². The minimum atomic E-state index is 0.555. The van der Waals surface area contributed by atoms with E-state index in [0.29, 0.717) is 12.5 Å². The summed E-state index contributed by atoms with van der Waals surface area (Å²) >= 11 is 1.68. The van der Waals surface area contributed by atoms with Gasteiger partial charge in [0.1, 0.15) is 6.61 Å². The molecule has 0 radical (unpaired) electrons. The van der Waals surface area contributed by atoms with Crippen LogP contribution in [0.15, 0.2) is 29.6 Å². The highest BCUT2D eigenvalue weighted by atomic mass is 32.1. The molecular weight excluding hydrogens is 246 g/mol. The molecule has 0 aromatic carbocycles. The van der Waals surface area contributed by atoms with E-state index >= 15 is 0 Å². The first kappa shape index (κ1) is 13.0. The molecule has 2 heterocycles. The van der Waals surface area contributed by atoms with Gasteiger partial charge in [0.2, 0.25) is 5.88 Å². The van der Waals surface area contributed by atoms with Crippen LogP contribution < -0.4 is 10.1 Å². The van der Waals surface area contributed by atoms with Gasteiger partial charge < -0.3 is 10.1 Å². The van der Waals surface area contributed by atoms with Crippen molar-refractivity contribution in [2.24, 2.45) is 0 Å². The summed E-state index contributed by atoms with van der Waals surface area (Å²) in [4.78, 5) is 1.19. The lowest BCUT2D eigenvalue weighted by atomic mass is 10.3. The summed E-state index contributed by atoms with van der Waals surface area (Å²) in [5.74, 6) is 0.572. The van der Waals surface area contributed by atoms with Crippen molar-refractivity contribution in [1.29, 1.82) is 0 Å². The Morgan fingerprint density at radius 3 is 2.89 bits per heavy atom. The lowest BCUT2D eigenvalue weighted by Gasteiger charge is -2.04. The zero-order valence-electron chi connectivity index (χ0n) is 10.4. The monoisotopic (exact) mass is 263 g/mol. The van der Waals surface area contributed by atoms with Crippen molar-refractivity contribution in [2.45, 2.75) is 26.5 Å². The van der Waals surface area contributed by atoms with Gasteiger partial charge in [-0.2, -0.15) is 5.10 Å². The van der Waals surface area contributed by atoms with Crippen molar-refractivity contribution in [3.05, 3.63) is 40.2 Å². The van der Waals surface area contributed by atoms with E-state index in [1.807, 2.05) is 29.6 Å². The molecule has 5 heteroatoms. The molecule has 0 aliphatic rings. The number of nitrogens with one attached hydrogen (secondary N) is 1. The van der Waals surface area contributed by atoms with Gasteiger partial charge in [0.15, 0.2) is 0 Å². The van der Waals surface area contributed by atoms with E-state index in [1.54, 1.807) is 11.3 Å². The maximum absolute atomic E-state index is 5.55. The molecular formula is C13H17N3OS. The molecule has 0 bridgehead atoms. The number of thiophene rings is 1. The van der Waals surface area contributed by atoms with E-state index in [0.717, 1.165) is 25.2 Å². The first-order valence-electron chi connectivity index (χ1n) is 6.07. The third-order valence-electron chi connectivity index (χ3n) is 2.37. The Balaban J connectivity index is 1.80. The minimum Gasteiger partial charge on any atom is -0.471 e.